The van der Waals surface area contributed by atoms with Crippen molar-refractivity contribution in [3.63, 3.8) is 0 Å². The molecule has 0 amide bonds. The van der Waals surface area contributed by atoms with Gasteiger partial charge in [0.25, 0.3) is 0 Å². The molecule has 2 aromatic carbocycles. The first-order chi connectivity index (χ1) is 14.1. The number of hydrogen-bond donors (Lipinski definition) is 1. The van der Waals surface area contributed by atoms with Crippen molar-refractivity contribution in [2.24, 2.45) is 0 Å². The van der Waals surface area contributed by atoms with E-state index in [1.165, 1.54) is 25.6 Å². The van der Waals surface area contributed by atoms with E-state index in [1.807, 2.05) is 24.3 Å². The van der Waals surface area contributed by atoms with Gasteiger partial charge >= 0.3 is 5.97 Å². The molecule has 1 aromatic heterocycles. The molecule has 1 atom stereocenters. The largest absolute Gasteiger partial charge is 0.489 e. The smallest absolute Gasteiger partial charge is 0.338 e. The van der Waals surface area contributed by atoms with Crippen molar-refractivity contribution in [3.05, 3.63) is 83.1 Å². The van der Waals surface area contributed by atoms with Gasteiger partial charge in [0.05, 0.1) is 12.7 Å². The van der Waals surface area contributed by atoms with E-state index in [9.17, 15) is 9.18 Å². The molecule has 1 aliphatic rings. The van der Waals surface area contributed by atoms with Gasteiger partial charge in [-0.25, -0.2) is 13.9 Å². The van der Waals surface area contributed by atoms with Crippen LogP contribution in [0.1, 0.15) is 24.1 Å². The number of esters is 1. The molecular weight excluding hydrogens is 375 g/mol. The number of allylic oxidation sites excluding steroid dienone is 1. The number of rotatable bonds is 5. The van der Waals surface area contributed by atoms with Crippen molar-refractivity contribution < 1.29 is 18.7 Å². The van der Waals surface area contributed by atoms with Crippen LogP contribution in [0.5, 0.6) is 5.75 Å². The molecule has 0 spiro atoms. The molecule has 0 saturated carbocycles. The summed E-state index contributed by atoms with van der Waals surface area (Å²) in [5, 5.41) is 7.35. The molecule has 1 aliphatic heterocycles. The highest BCUT2D eigenvalue weighted by Crippen LogP contribution is 2.36. The zero-order chi connectivity index (χ0) is 20.4. The average molecular weight is 394 g/mol. The lowest BCUT2D eigenvalue weighted by atomic mass is 9.95. The van der Waals surface area contributed by atoms with E-state index in [1.54, 1.807) is 23.7 Å². The van der Waals surface area contributed by atoms with Gasteiger partial charge in [0, 0.05) is 5.70 Å². The standard InChI is InChI=1S/C21H19FN4O3/c1-13-18(20(27)28-2)19(26-21(25-13)23-12-24-26)15-4-3-5-17(10-15)29-11-14-6-8-16(22)9-7-14/h3-10,12,19H,11H2,1-2H3,(H,23,24,25). The van der Waals surface area contributed by atoms with Gasteiger partial charge in [-0.2, -0.15) is 10.1 Å². The van der Waals surface area contributed by atoms with Crippen molar-refractivity contribution >= 4 is 11.9 Å². The lowest BCUT2D eigenvalue weighted by Crippen LogP contribution is -2.29. The Labute approximate surface area is 166 Å². The maximum atomic E-state index is 13.1. The Morgan fingerprint density at radius 1 is 1.24 bits per heavy atom. The minimum Gasteiger partial charge on any atom is -0.489 e. The molecule has 8 heteroatoms. The number of carbonyl (C=O) groups excluding carboxylic acids is 1. The highest BCUT2D eigenvalue weighted by atomic mass is 19.1. The molecule has 2 heterocycles. The van der Waals surface area contributed by atoms with Gasteiger partial charge in [0.2, 0.25) is 5.95 Å². The number of carbonyl (C=O) groups is 1. The van der Waals surface area contributed by atoms with E-state index < -0.39 is 12.0 Å². The van der Waals surface area contributed by atoms with Crippen molar-refractivity contribution in [1.29, 1.82) is 0 Å². The van der Waals surface area contributed by atoms with Crippen LogP contribution in [0.25, 0.3) is 0 Å². The number of benzene rings is 2. The third kappa shape index (κ3) is 3.69. The van der Waals surface area contributed by atoms with Crippen LogP contribution in [0.15, 0.2) is 66.1 Å². The number of halogens is 1. The van der Waals surface area contributed by atoms with Gasteiger partial charge in [-0.3, -0.25) is 0 Å². The summed E-state index contributed by atoms with van der Waals surface area (Å²) in [4.78, 5) is 16.7. The summed E-state index contributed by atoms with van der Waals surface area (Å²) in [6.07, 6.45) is 1.43. The van der Waals surface area contributed by atoms with Gasteiger partial charge < -0.3 is 14.8 Å². The van der Waals surface area contributed by atoms with E-state index in [2.05, 4.69) is 15.4 Å². The Kier molecular flexibility index (Phi) is 4.99. The van der Waals surface area contributed by atoms with Gasteiger partial charge in [-0.15, -0.1) is 0 Å². The molecule has 148 valence electrons. The molecule has 0 aliphatic carbocycles. The van der Waals surface area contributed by atoms with Gasteiger partial charge in [0.15, 0.2) is 0 Å². The van der Waals surface area contributed by atoms with Crippen LogP contribution >= 0.6 is 0 Å². The Hall–Kier alpha value is -3.68. The number of hydrogen-bond acceptors (Lipinski definition) is 6. The predicted octanol–water partition coefficient (Wildman–Crippen LogP) is 3.46. The molecule has 29 heavy (non-hydrogen) atoms. The maximum Gasteiger partial charge on any atom is 0.338 e. The zero-order valence-corrected chi connectivity index (χ0v) is 15.9. The topological polar surface area (TPSA) is 78.3 Å². The monoisotopic (exact) mass is 394 g/mol. The van der Waals surface area contributed by atoms with Crippen molar-refractivity contribution in [2.45, 2.75) is 19.6 Å². The first-order valence-corrected chi connectivity index (χ1v) is 8.99. The number of fused-ring (bicyclic) bond motifs is 1. The summed E-state index contributed by atoms with van der Waals surface area (Å²) >= 11 is 0. The van der Waals surface area contributed by atoms with E-state index >= 15 is 0 Å². The van der Waals surface area contributed by atoms with E-state index in [0.717, 1.165) is 11.1 Å². The second-order valence-electron chi connectivity index (χ2n) is 6.57. The molecular formula is C21H19FN4O3. The Morgan fingerprint density at radius 2 is 2.03 bits per heavy atom. The lowest BCUT2D eigenvalue weighted by molar-refractivity contribution is -0.136. The molecule has 0 bridgehead atoms. The minimum absolute atomic E-state index is 0.289. The molecule has 4 rings (SSSR count). The molecule has 0 saturated heterocycles. The lowest BCUT2D eigenvalue weighted by Gasteiger charge is -2.28. The number of nitrogens with one attached hydrogen (secondary N) is 1. The second kappa shape index (κ2) is 7.75. The van der Waals surface area contributed by atoms with Crippen LogP contribution in [0.3, 0.4) is 0 Å². The third-order valence-electron chi connectivity index (χ3n) is 4.69. The minimum atomic E-state index is -0.504. The zero-order valence-electron chi connectivity index (χ0n) is 15.9. The Bertz CT molecular complexity index is 1080. The number of methoxy groups -OCH3 is 1. The number of anilines is 1. The molecule has 1 N–H and O–H groups in total. The summed E-state index contributed by atoms with van der Waals surface area (Å²) in [5.74, 6) is 0.424. The van der Waals surface area contributed by atoms with Crippen LogP contribution in [-0.4, -0.2) is 27.8 Å². The second-order valence-corrected chi connectivity index (χ2v) is 6.57. The van der Waals surface area contributed by atoms with Gasteiger partial charge in [-0.1, -0.05) is 24.3 Å². The molecule has 7 nitrogen and oxygen atoms in total. The summed E-state index contributed by atoms with van der Waals surface area (Å²) in [6.45, 7) is 2.09. The summed E-state index contributed by atoms with van der Waals surface area (Å²) in [7, 11) is 1.35. The van der Waals surface area contributed by atoms with Crippen molar-refractivity contribution in [3.8, 4) is 5.75 Å². The highest BCUT2D eigenvalue weighted by molar-refractivity contribution is 5.92. The third-order valence-corrected chi connectivity index (χ3v) is 4.69. The van der Waals surface area contributed by atoms with Crippen LogP contribution in [0.4, 0.5) is 10.3 Å². The highest BCUT2D eigenvalue weighted by Gasteiger charge is 2.34. The summed E-state index contributed by atoms with van der Waals surface area (Å²) in [6, 6.07) is 13.0. The van der Waals surface area contributed by atoms with Crippen LogP contribution in [-0.2, 0) is 16.1 Å². The fourth-order valence-electron chi connectivity index (χ4n) is 3.30. The average Bonchev–Trinajstić information content (AvgIpc) is 3.20. The SMILES string of the molecule is COC(=O)C1=C(C)Nc2ncnn2C1c1cccc(OCc2ccc(F)cc2)c1. The fourth-order valence-corrected chi connectivity index (χ4v) is 3.30. The fraction of sp³-hybridized carbons (Fsp3) is 0.190. The summed E-state index contributed by atoms with van der Waals surface area (Å²) in [5.41, 5.74) is 2.75. The van der Waals surface area contributed by atoms with Crippen LogP contribution < -0.4 is 10.1 Å². The maximum absolute atomic E-state index is 13.1. The number of aromatic nitrogens is 3. The molecule has 3 aromatic rings. The van der Waals surface area contributed by atoms with Crippen molar-refractivity contribution in [2.75, 3.05) is 12.4 Å². The molecule has 1 unspecified atom stereocenters. The quantitative estimate of drug-likeness (QED) is 0.668. The first kappa shape index (κ1) is 18.7. The number of ether oxygens (including phenoxy) is 2. The van der Waals surface area contributed by atoms with Gasteiger partial charge in [0.1, 0.15) is 30.5 Å². The van der Waals surface area contributed by atoms with E-state index in [4.69, 9.17) is 9.47 Å². The molecule has 0 fully saturated rings. The Balaban J connectivity index is 1.65. The Morgan fingerprint density at radius 3 is 2.79 bits per heavy atom. The van der Waals surface area contributed by atoms with Crippen LogP contribution in [0.2, 0.25) is 0 Å². The predicted molar refractivity (Wildman–Crippen MR) is 104 cm³/mol. The normalized spacial score (nSPS) is 15.5. The van der Waals surface area contributed by atoms with Crippen molar-refractivity contribution in [1.82, 2.24) is 14.8 Å². The van der Waals surface area contributed by atoms with E-state index in [0.29, 0.717) is 29.6 Å². The van der Waals surface area contributed by atoms with Crippen LogP contribution in [0, 0.1) is 5.82 Å². The van der Waals surface area contributed by atoms with Gasteiger partial charge in [-0.05, 0) is 42.3 Å². The van der Waals surface area contributed by atoms with E-state index in [-0.39, 0.29) is 5.82 Å². The summed E-state index contributed by atoms with van der Waals surface area (Å²) < 4.78 is 25.6. The first-order valence-electron chi connectivity index (χ1n) is 8.99. The molecule has 0 radical (unpaired) electrons. The number of nitrogens with zero attached hydrogens (tertiary/aromatic N) is 3.